The maximum absolute atomic E-state index is 11.6. The predicted molar refractivity (Wildman–Crippen MR) is 57.6 cm³/mol. The van der Waals surface area contributed by atoms with Crippen molar-refractivity contribution in [2.24, 2.45) is 0 Å². The second-order valence-corrected chi connectivity index (χ2v) is 5.75. The minimum atomic E-state index is -3.08. The average Bonchev–Trinajstić information content (AvgIpc) is 2.14. The van der Waals surface area contributed by atoms with Crippen LogP contribution in [-0.4, -0.2) is 31.2 Å². The van der Waals surface area contributed by atoms with Crippen LogP contribution in [0.3, 0.4) is 0 Å². The van der Waals surface area contributed by atoms with Crippen molar-refractivity contribution in [2.45, 2.75) is 13.3 Å². The summed E-state index contributed by atoms with van der Waals surface area (Å²) in [5.41, 5.74) is 1.32. The van der Waals surface area contributed by atoms with E-state index in [1.165, 1.54) is 6.20 Å². The van der Waals surface area contributed by atoms with Gasteiger partial charge in [0.1, 0.15) is 9.84 Å². The highest BCUT2D eigenvalue weighted by Crippen LogP contribution is 2.08. The molecule has 15 heavy (non-hydrogen) atoms. The Morgan fingerprint density at radius 2 is 2.13 bits per heavy atom. The number of carbonyl (C=O) groups is 1. The average molecular weight is 227 g/mol. The minimum absolute atomic E-state index is 0.0314. The third kappa shape index (κ3) is 3.79. The normalized spacial score (nSPS) is 11.3. The Bertz CT molecular complexity index is 465. The van der Waals surface area contributed by atoms with Gasteiger partial charge in [-0.25, -0.2) is 8.42 Å². The fraction of sp³-hybridized carbons (Fsp3) is 0.400. The van der Waals surface area contributed by atoms with E-state index in [1.54, 1.807) is 19.2 Å². The van der Waals surface area contributed by atoms with E-state index in [4.69, 9.17) is 0 Å². The van der Waals surface area contributed by atoms with Gasteiger partial charge in [-0.1, -0.05) is 0 Å². The summed E-state index contributed by atoms with van der Waals surface area (Å²) in [5.74, 6) is -0.256. The third-order valence-corrected chi connectivity index (χ3v) is 2.97. The van der Waals surface area contributed by atoms with E-state index < -0.39 is 9.84 Å². The van der Waals surface area contributed by atoms with Crippen LogP contribution in [0.5, 0.6) is 0 Å². The van der Waals surface area contributed by atoms with Gasteiger partial charge in [-0.05, 0) is 18.6 Å². The van der Waals surface area contributed by atoms with Crippen molar-refractivity contribution >= 4 is 15.6 Å². The first-order chi connectivity index (χ1) is 6.90. The number of hydrogen-bond acceptors (Lipinski definition) is 4. The van der Waals surface area contributed by atoms with E-state index in [1.807, 2.05) is 0 Å². The number of carbonyl (C=O) groups excluding carboxylic acids is 1. The van der Waals surface area contributed by atoms with Gasteiger partial charge in [0, 0.05) is 30.6 Å². The van der Waals surface area contributed by atoms with E-state index in [-0.39, 0.29) is 18.0 Å². The van der Waals surface area contributed by atoms with Crippen LogP contribution in [0.25, 0.3) is 0 Å². The number of hydrogen-bond donors (Lipinski definition) is 0. The van der Waals surface area contributed by atoms with E-state index in [0.717, 1.165) is 11.8 Å². The molecule has 82 valence electrons. The number of pyridine rings is 1. The first-order valence-electron chi connectivity index (χ1n) is 4.52. The van der Waals surface area contributed by atoms with Crippen LogP contribution in [0.4, 0.5) is 0 Å². The molecular weight excluding hydrogens is 214 g/mol. The molecule has 4 nitrogen and oxygen atoms in total. The summed E-state index contributed by atoms with van der Waals surface area (Å²) >= 11 is 0. The van der Waals surface area contributed by atoms with Crippen LogP contribution >= 0.6 is 0 Å². The smallest absolute Gasteiger partial charge is 0.164 e. The minimum Gasteiger partial charge on any atom is -0.294 e. The molecule has 0 saturated carbocycles. The SMILES string of the molecule is Cc1cnccc1C(=O)CCS(C)(=O)=O. The predicted octanol–water partition coefficient (Wildman–Crippen LogP) is 1.01. The number of aromatic nitrogens is 1. The molecule has 0 aliphatic rings. The number of Topliss-reactive ketones (excluding diaryl/α,β-unsaturated/α-hetero) is 1. The van der Waals surface area contributed by atoms with Gasteiger partial charge < -0.3 is 0 Å². The van der Waals surface area contributed by atoms with E-state index >= 15 is 0 Å². The van der Waals surface area contributed by atoms with Gasteiger partial charge in [0.15, 0.2) is 5.78 Å². The van der Waals surface area contributed by atoms with Gasteiger partial charge in [-0.15, -0.1) is 0 Å². The summed E-state index contributed by atoms with van der Waals surface area (Å²) in [6.45, 7) is 1.78. The molecule has 0 N–H and O–H groups in total. The van der Waals surface area contributed by atoms with E-state index in [0.29, 0.717) is 5.56 Å². The monoisotopic (exact) mass is 227 g/mol. The molecule has 0 atom stereocenters. The molecule has 0 radical (unpaired) electrons. The molecule has 0 aliphatic heterocycles. The highest BCUT2D eigenvalue weighted by Gasteiger charge is 2.11. The van der Waals surface area contributed by atoms with Gasteiger partial charge >= 0.3 is 0 Å². The lowest BCUT2D eigenvalue weighted by Crippen LogP contribution is -2.10. The van der Waals surface area contributed by atoms with E-state index in [2.05, 4.69) is 4.98 Å². The Hall–Kier alpha value is -1.23. The fourth-order valence-electron chi connectivity index (χ4n) is 1.20. The van der Waals surface area contributed by atoms with Gasteiger partial charge in [0.25, 0.3) is 0 Å². The van der Waals surface area contributed by atoms with Crippen molar-refractivity contribution in [1.29, 1.82) is 0 Å². The second kappa shape index (κ2) is 4.53. The molecule has 0 aliphatic carbocycles. The zero-order chi connectivity index (χ0) is 11.5. The number of nitrogens with zero attached hydrogens (tertiary/aromatic N) is 1. The van der Waals surface area contributed by atoms with Crippen molar-refractivity contribution in [1.82, 2.24) is 4.98 Å². The quantitative estimate of drug-likeness (QED) is 0.720. The number of rotatable bonds is 4. The summed E-state index contributed by atoms with van der Waals surface area (Å²) < 4.78 is 21.8. The third-order valence-electron chi connectivity index (χ3n) is 2.02. The van der Waals surface area contributed by atoms with Crippen molar-refractivity contribution in [3.63, 3.8) is 0 Å². The summed E-state index contributed by atoms with van der Waals surface area (Å²) in [4.78, 5) is 15.5. The first-order valence-corrected chi connectivity index (χ1v) is 6.58. The van der Waals surface area contributed by atoms with Crippen LogP contribution in [0.2, 0.25) is 0 Å². The molecule has 1 aromatic rings. The molecule has 0 fully saturated rings. The Kier molecular flexibility index (Phi) is 3.57. The van der Waals surface area contributed by atoms with Crippen molar-refractivity contribution in [3.05, 3.63) is 29.6 Å². The molecule has 5 heteroatoms. The summed E-state index contributed by atoms with van der Waals surface area (Å²) in [7, 11) is -3.08. The van der Waals surface area contributed by atoms with Gasteiger partial charge in [-0.2, -0.15) is 0 Å². The largest absolute Gasteiger partial charge is 0.294 e. The molecule has 0 bridgehead atoms. The van der Waals surface area contributed by atoms with E-state index in [9.17, 15) is 13.2 Å². The molecular formula is C10H13NO3S. The second-order valence-electron chi connectivity index (χ2n) is 3.49. The molecule has 0 amide bonds. The van der Waals surface area contributed by atoms with Crippen LogP contribution in [0.15, 0.2) is 18.5 Å². The van der Waals surface area contributed by atoms with Crippen molar-refractivity contribution in [3.8, 4) is 0 Å². The van der Waals surface area contributed by atoms with Gasteiger partial charge in [0.2, 0.25) is 0 Å². The lowest BCUT2D eigenvalue weighted by atomic mass is 10.1. The molecule has 1 aromatic heterocycles. The molecule has 0 unspecified atom stereocenters. The molecule has 1 heterocycles. The van der Waals surface area contributed by atoms with Crippen LogP contribution in [0.1, 0.15) is 22.3 Å². The molecule has 0 spiro atoms. The topological polar surface area (TPSA) is 64.1 Å². The Morgan fingerprint density at radius 1 is 1.47 bits per heavy atom. The first kappa shape index (κ1) is 11.8. The Labute approximate surface area is 89.3 Å². The number of sulfone groups is 1. The highest BCUT2D eigenvalue weighted by atomic mass is 32.2. The van der Waals surface area contributed by atoms with Crippen LogP contribution in [0, 0.1) is 6.92 Å². The fourth-order valence-corrected chi connectivity index (χ4v) is 1.76. The lowest BCUT2D eigenvalue weighted by molar-refractivity contribution is 0.0988. The van der Waals surface area contributed by atoms with Crippen LogP contribution < -0.4 is 0 Å². The van der Waals surface area contributed by atoms with Gasteiger partial charge in [0.05, 0.1) is 5.75 Å². The Morgan fingerprint density at radius 3 is 2.67 bits per heavy atom. The molecule has 0 saturated heterocycles. The zero-order valence-corrected chi connectivity index (χ0v) is 9.54. The number of ketones is 1. The maximum Gasteiger partial charge on any atom is 0.164 e. The van der Waals surface area contributed by atoms with Crippen molar-refractivity contribution in [2.75, 3.05) is 12.0 Å². The maximum atomic E-state index is 11.6. The summed E-state index contributed by atoms with van der Waals surface area (Å²) in [5, 5.41) is 0. The van der Waals surface area contributed by atoms with Gasteiger partial charge in [-0.3, -0.25) is 9.78 Å². The molecule has 1 rings (SSSR count). The number of aryl methyl sites for hydroxylation is 1. The highest BCUT2D eigenvalue weighted by molar-refractivity contribution is 7.90. The molecule has 0 aromatic carbocycles. The Balaban J connectivity index is 2.75. The van der Waals surface area contributed by atoms with Crippen LogP contribution in [-0.2, 0) is 9.84 Å². The zero-order valence-electron chi connectivity index (χ0n) is 8.73. The summed E-state index contributed by atoms with van der Waals surface area (Å²) in [6, 6.07) is 1.61. The van der Waals surface area contributed by atoms with Crippen molar-refractivity contribution < 1.29 is 13.2 Å². The summed E-state index contributed by atoms with van der Waals surface area (Å²) in [6.07, 6.45) is 4.28. The standard InChI is InChI=1S/C10H13NO3S/c1-8-7-11-5-3-9(8)10(12)4-6-15(2,13)14/h3,5,7H,4,6H2,1-2H3. The lowest BCUT2D eigenvalue weighted by Gasteiger charge is -2.02.